The van der Waals surface area contributed by atoms with Crippen LogP contribution in [0.2, 0.25) is 0 Å². The van der Waals surface area contributed by atoms with Gasteiger partial charge in [-0.2, -0.15) is 13.1 Å². The van der Waals surface area contributed by atoms with Crippen molar-refractivity contribution in [2.24, 2.45) is 5.92 Å². The highest BCUT2D eigenvalue weighted by Crippen LogP contribution is 2.27. The van der Waals surface area contributed by atoms with E-state index in [2.05, 4.69) is 10.1 Å². The molecule has 1 saturated heterocycles. The SMILES string of the molecule is CNCC1CCN(S(=O)(=O)c2ccc(OC(F)F)c(F)c2)CC1.Cl. The van der Waals surface area contributed by atoms with E-state index in [0.717, 1.165) is 31.5 Å². The Morgan fingerprint density at radius 2 is 1.96 bits per heavy atom. The summed E-state index contributed by atoms with van der Waals surface area (Å²) >= 11 is 0. The highest BCUT2D eigenvalue weighted by atomic mass is 35.5. The van der Waals surface area contributed by atoms with E-state index in [9.17, 15) is 21.6 Å². The first-order valence-electron chi connectivity index (χ1n) is 7.23. The molecule has 0 atom stereocenters. The second-order valence-corrected chi connectivity index (χ2v) is 7.31. The molecule has 0 aliphatic carbocycles. The lowest BCUT2D eigenvalue weighted by Gasteiger charge is -2.31. The summed E-state index contributed by atoms with van der Waals surface area (Å²) in [4.78, 5) is -0.260. The molecule has 0 radical (unpaired) electrons. The number of nitrogens with one attached hydrogen (secondary N) is 1. The summed E-state index contributed by atoms with van der Waals surface area (Å²) in [5.41, 5.74) is 0. The predicted molar refractivity (Wildman–Crippen MR) is 85.7 cm³/mol. The second kappa shape index (κ2) is 8.89. The van der Waals surface area contributed by atoms with Crippen LogP contribution in [0.15, 0.2) is 23.1 Å². The van der Waals surface area contributed by atoms with Crippen molar-refractivity contribution in [1.82, 2.24) is 9.62 Å². The molecule has 24 heavy (non-hydrogen) atoms. The first-order chi connectivity index (χ1) is 10.8. The van der Waals surface area contributed by atoms with E-state index in [-0.39, 0.29) is 17.3 Å². The Balaban J connectivity index is 0.00000288. The number of rotatable bonds is 6. The molecule has 1 aromatic carbocycles. The van der Waals surface area contributed by atoms with Crippen LogP contribution in [-0.2, 0) is 10.0 Å². The quantitative estimate of drug-likeness (QED) is 0.813. The van der Waals surface area contributed by atoms with Gasteiger partial charge in [-0.05, 0) is 50.6 Å². The van der Waals surface area contributed by atoms with Crippen molar-refractivity contribution in [3.63, 3.8) is 0 Å². The molecule has 0 saturated carbocycles. The molecule has 1 N–H and O–H groups in total. The number of halogens is 4. The summed E-state index contributed by atoms with van der Waals surface area (Å²) in [5, 5.41) is 3.06. The van der Waals surface area contributed by atoms with E-state index in [1.165, 1.54) is 4.31 Å². The van der Waals surface area contributed by atoms with Gasteiger partial charge in [0.1, 0.15) is 0 Å². The third kappa shape index (κ3) is 4.98. The predicted octanol–water partition coefficient (Wildman–Crippen LogP) is 2.47. The average Bonchev–Trinajstić information content (AvgIpc) is 2.49. The van der Waals surface area contributed by atoms with Gasteiger partial charge in [0.25, 0.3) is 0 Å². The molecule has 138 valence electrons. The molecule has 0 aromatic heterocycles. The standard InChI is InChI=1S/C14H19F3N2O3S.ClH/c1-18-9-10-4-6-19(7-5-10)23(20,21)11-2-3-13(12(15)8-11)22-14(16)17;/h2-3,8,10,14,18H,4-7,9H2,1H3;1H. The minimum atomic E-state index is -3.84. The van der Waals surface area contributed by atoms with Crippen LogP contribution < -0.4 is 10.1 Å². The molecule has 1 aliphatic rings. The number of hydrogen-bond acceptors (Lipinski definition) is 4. The molecule has 5 nitrogen and oxygen atoms in total. The molecule has 10 heteroatoms. The van der Waals surface area contributed by atoms with Gasteiger partial charge in [0.2, 0.25) is 10.0 Å². The van der Waals surface area contributed by atoms with Gasteiger partial charge >= 0.3 is 6.61 Å². The summed E-state index contributed by atoms with van der Waals surface area (Å²) in [6, 6.07) is 2.70. The number of benzene rings is 1. The summed E-state index contributed by atoms with van der Waals surface area (Å²) < 4.78 is 68.2. The van der Waals surface area contributed by atoms with Gasteiger partial charge in [-0.25, -0.2) is 12.8 Å². The van der Waals surface area contributed by atoms with E-state index in [0.29, 0.717) is 25.1 Å². The zero-order valence-corrected chi connectivity index (χ0v) is 14.7. The monoisotopic (exact) mass is 388 g/mol. The first-order valence-corrected chi connectivity index (χ1v) is 8.67. The molecule has 1 aromatic rings. The number of hydrogen-bond donors (Lipinski definition) is 1. The maximum Gasteiger partial charge on any atom is 0.387 e. The van der Waals surface area contributed by atoms with Gasteiger partial charge in [-0.1, -0.05) is 0 Å². The van der Waals surface area contributed by atoms with Crippen LogP contribution in [0.5, 0.6) is 5.75 Å². The summed E-state index contributed by atoms with van der Waals surface area (Å²) in [6.07, 6.45) is 1.43. The Kier molecular flexibility index (Phi) is 7.78. The summed E-state index contributed by atoms with van der Waals surface area (Å²) in [7, 11) is -2.00. The van der Waals surface area contributed by atoms with E-state index in [1.54, 1.807) is 0 Å². The zero-order chi connectivity index (χ0) is 17.0. The van der Waals surface area contributed by atoms with Crippen LogP contribution in [0.3, 0.4) is 0 Å². The Morgan fingerprint density at radius 3 is 2.46 bits per heavy atom. The summed E-state index contributed by atoms with van der Waals surface area (Å²) in [5.74, 6) is -1.40. The van der Waals surface area contributed by atoms with Crippen molar-refractivity contribution in [2.75, 3.05) is 26.7 Å². The summed E-state index contributed by atoms with van der Waals surface area (Å²) in [6.45, 7) is -1.64. The molecule has 0 spiro atoms. The van der Waals surface area contributed by atoms with E-state index >= 15 is 0 Å². The van der Waals surface area contributed by atoms with Crippen LogP contribution in [0.1, 0.15) is 12.8 Å². The van der Waals surface area contributed by atoms with Gasteiger partial charge in [-0.3, -0.25) is 0 Å². The van der Waals surface area contributed by atoms with E-state index in [4.69, 9.17) is 0 Å². The highest BCUT2D eigenvalue weighted by Gasteiger charge is 2.30. The molecule has 2 rings (SSSR count). The van der Waals surface area contributed by atoms with Crippen LogP contribution in [0, 0.1) is 11.7 Å². The second-order valence-electron chi connectivity index (χ2n) is 5.38. The normalized spacial score (nSPS) is 16.9. The van der Waals surface area contributed by atoms with E-state index < -0.39 is 28.2 Å². The fourth-order valence-corrected chi connectivity index (χ4v) is 4.11. The van der Waals surface area contributed by atoms with Crippen molar-refractivity contribution in [1.29, 1.82) is 0 Å². The van der Waals surface area contributed by atoms with Crippen molar-refractivity contribution >= 4 is 22.4 Å². The smallest absolute Gasteiger partial charge is 0.387 e. The molecule has 0 bridgehead atoms. The van der Waals surface area contributed by atoms with Crippen molar-refractivity contribution in [2.45, 2.75) is 24.3 Å². The molecular weight excluding hydrogens is 369 g/mol. The Bertz CT molecular complexity index is 638. The lowest BCUT2D eigenvalue weighted by Crippen LogP contribution is -2.40. The van der Waals surface area contributed by atoms with Gasteiger partial charge in [0.15, 0.2) is 11.6 Å². The van der Waals surface area contributed by atoms with Crippen LogP contribution in [0.25, 0.3) is 0 Å². The number of sulfonamides is 1. The van der Waals surface area contributed by atoms with Crippen LogP contribution in [0.4, 0.5) is 13.2 Å². The lowest BCUT2D eigenvalue weighted by atomic mass is 9.98. The zero-order valence-electron chi connectivity index (χ0n) is 13.0. The number of nitrogens with zero attached hydrogens (tertiary/aromatic N) is 1. The van der Waals surface area contributed by atoms with Crippen LogP contribution >= 0.6 is 12.4 Å². The Labute approximate surface area is 145 Å². The van der Waals surface area contributed by atoms with Gasteiger partial charge < -0.3 is 10.1 Å². The van der Waals surface area contributed by atoms with Crippen molar-refractivity contribution in [3.05, 3.63) is 24.0 Å². The number of piperidine rings is 1. The van der Waals surface area contributed by atoms with Crippen LogP contribution in [-0.4, -0.2) is 46.0 Å². The fraction of sp³-hybridized carbons (Fsp3) is 0.571. The lowest BCUT2D eigenvalue weighted by molar-refractivity contribution is -0.0522. The molecule has 1 heterocycles. The van der Waals surface area contributed by atoms with E-state index in [1.807, 2.05) is 7.05 Å². The fourth-order valence-electron chi connectivity index (χ4n) is 2.63. The van der Waals surface area contributed by atoms with Crippen molar-refractivity contribution in [3.8, 4) is 5.75 Å². The third-order valence-electron chi connectivity index (χ3n) is 3.82. The first kappa shape index (κ1) is 21.0. The maximum atomic E-state index is 13.7. The molecule has 1 aliphatic heterocycles. The Hall–Kier alpha value is -1.03. The molecule has 0 amide bonds. The molecule has 1 fully saturated rings. The topological polar surface area (TPSA) is 58.6 Å². The average molecular weight is 389 g/mol. The molecular formula is C14H20ClF3N2O3S. The minimum Gasteiger partial charge on any atom is -0.432 e. The Morgan fingerprint density at radius 1 is 1.33 bits per heavy atom. The minimum absolute atomic E-state index is 0. The number of ether oxygens (including phenoxy) is 1. The third-order valence-corrected chi connectivity index (χ3v) is 5.72. The molecule has 0 unspecified atom stereocenters. The number of alkyl halides is 2. The largest absolute Gasteiger partial charge is 0.432 e. The van der Waals surface area contributed by atoms with Crippen molar-refractivity contribution < 1.29 is 26.3 Å². The van der Waals surface area contributed by atoms with Gasteiger partial charge in [-0.15, -0.1) is 12.4 Å². The maximum absolute atomic E-state index is 13.7. The highest BCUT2D eigenvalue weighted by molar-refractivity contribution is 7.89. The van der Waals surface area contributed by atoms with Gasteiger partial charge in [0.05, 0.1) is 4.90 Å². The van der Waals surface area contributed by atoms with Gasteiger partial charge in [0, 0.05) is 13.1 Å².